The molecule has 0 aromatic carbocycles. The predicted molar refractivity (Wildman–Crippen MR) is 63.1 cm³/mol. The summed E-state index contributed by atoms with van der Waals surface area (Å²) in [6, 6.07) is 0. The van der Waals surface area contributed by atoms with E-state index in [0.29, 0.717) is 5.89 Å². The maximum absolute atomic E-state index is 11.2. The Morgan fingerprint density at radius 3 is 2.78 bits per heavy atom. The first-order valence-corrected chi connectivity index (χ1v) is 6.79. The minimum atomic E-state index is -0.735. The summed E-state index contributed by atoms with van der Waals surface area (Å²) in [5.41, 5.74) is 0. The van der Waals surface area contributed by atoms with E-state index in [0.717, 1.165) is 43.8 Å². The van der Waals surface area contributed by atoms with Crippen LogP contribution in [0.25, 0.3) is 0 Å². The van der Waals surface area contributed by atoms with Gasteiger partial charge in [-0.3, -0.25) is 4.79 Å². The average Bonchev–Trinajstić information content (AvgIpc) is 3.05. The Labute approximate surface area is 106 Å². The molecule has 2 aliphatic rings. The van der Waals surface area contributed by atoms with Crippen molar-refractivity contribution in [1.82, 2.24) is 10.1 Å². The Bertz CT molecular complexity index is 439. The third kappa shape index (κ3) is 2.40. The second kappa shape index (κ2) is 4.71. The number of carboxylic acid groups (broad SMARTS) is 1. The van der Waals surface area contributed by atoms with Crippen LogP contribution in [0.1, 0.15) is 56.2 Å². The summed E-state index contributed by atoms with van der Waals surface area (Å²) in [5, 5.41) is 13.2. The van der Waals surface area contributed by atoms with Crippen molar-refractivity contribution in [2.75, 3.05) is 0 Å². The van der Waals surface area contributed by atoms with Crippen LogP contribution in [0.15, 0.2) is 4.52 Å². The van der Waals surface area contributed by atoms with Gasteiger partial charge in [0.15, 0.2) is 5.82 Å². The molecule has 0 aliphatic heterocycles. The maximum atomic E-state index is 11.2. The highest BCUT2D eigenvalue weighted by Gasteiger charge is 2.36. The number of carbonyl (C=O) groups is 1. The second-order valence-electron chi connectivity index (χ2n) is 5.53. The number of aliphatic carboxylic acids is 1. The molecule has 2 saturated carbocycles. The maximum Gasteiger partial charge on any atom is 0.307 e. The molecule has 1 heterocycles. The van der Waals surface area contributed by atoms with Crippen LogP contribution in [0.3, 0.4) is 0 Å². The van der Waals surface area contributed by atoms with Crippen LogP contribution in [0.4, 0.5) is 0 Å². The van der Waals surface area contributed by atoms with Crippen LogP contribution >= 0.6 is 0 Å². The molecule has 2 fully saturated rings. The molecule has 0 spiro atoms. The smallest absolute Gasteiger partial charge is 0.307 e. The van der Waals surface area contributed by atoms with Gasteiger partial charge in [-0.25, -0.2) is 0 Å². The molecule has 2 aliphatic carbocycles. The quantitative estimate of drug-likeness (QED) is 0.887. The highest BCUT2D eigenvalue weighted by atomic mass is 16.5. The van der Waals surface area contributed by atoms with Gasteiger partial charge in [-0.2, -0.15) is 4.98 Å². The molecule has 1 aromatic rings. The van der Waals surface area contributed by atoms with Gasteiger partial charge in [-0.1, -0.05) is 18.0 Å². The fourth-order valence-electron chi connectivity index (χ4n) is 2.80. The lowest BCUT2D eigenvalue weighted by Gasteiger charge is -2.25. The first kappa shape index (κ1) is 11.7. The third-order valence-corrected chi connectivity index (χ3v) is 4.05. The molecule has 0 radical (unpaired) electrons. The minimum Gasteiger partial charge on any atom is -0.481 e. The zero-order valence-electron chi connectivity index (χ0n) is 10.3. The van der Waals surface area contributed by atoms with Gasteiger partial charge in [0.25, 0.3) is 0 Å². The molecule has 3 rings (SSSR count). The Balaban J connectivity index is 1.74. The van der Waals surface area contributed by atoms with Crippen LogP contribution in [0.2, 0.25) is 0 Å². The fraction of sp³-hybridized carbons (Fsp3) is 0.769. The van der Waals surface area contributed by atoms with Gasteiger partial charge in [-0.05, 0) is 31.6 Å². The molecular weight excluding hydrogens is 232 g/mol. The summed E-state index contributed by atoms with van der Waals surface area (Å²) in [5.74, 6) is 0.836. The van der Waals surface area contributed by atoms with Crippen LogP contribution in [0, 0.1) is 11.8 Å². The summed E-state index contributed by atoms with van der Waals surface area (Å²) < 4.78 is 5.29. The Kier molecular flexibility index (Phi) is 3.06. The Hall–Kier alpha value is -1.39. The number of carboxylic acids is 1. The van der Waals surface area contributed by atoms with Crippen molar-refractivity contribution < 1.29 is 14.4 Å². The van der Waals surface area contributed by atoms with Crippen LogP contribution < -0.4 is 0 Å². The van der Waals surface area contributed by atoms with E-state index in [1.807, 2.05) is 0 Å². The highest BCUT2D eigenvalue weighted by molar-refractivity contribution is 5.71. The minimum absolute atomic E-state index is 0.0864. The summed E-state index contributed by atoms with van der Waals surface area (Å²) in [6.45, 7) is 0. The normalized spacial score (nSPS) is 28.2. The van der Waals surface area contributed by atoms with E-state index in [1.165, 1.54) is 12.8 Å². The number of rotatable bonds is 4. The SMILES string of the molecule is O=C(O)C1CCCCC1c1nc(CC2CC2)no1. The number of nitrogens with zero attached hydrogens (tertiary/aromatic N) is 2. The lowest BCUT2D eigenvalue weighted by Crippen LogP contribution is -2.25. The molecule has 0 saturated heterocycles. The number of hydrogen-bond donors (Lipinski definition) is 1. The van der Waals surface area contributed by atoms with E-state index in [2.05, 4.69) is 10.1 Å². The molecule has 1 aromatic heterocycles. The van der Waals surface area contributed by atoms with E-state index in [1.54, 1.807) is 0 Å². The van der Waals surface area contributed by atoms with E-state index in [9.17, 15) is 9.90 Å². The lowest BCUT2D eigenvalue weighted by molar-refractivity contribution is -0.143. The van der Waals surface area contributed by atoms with Gasteiger partial charge >= 0.3 is 5.97 Å². The van der Waals surface area contributed by atoms with Crippen molar-refractivity contribution in [3.05, 3.63) is 11.7 Å². The molecule has 5 heteroatoms. The molecule has 5 nitrogen and oxygen atoms in total. The zero-order valence-corrected chi connectivity index (χ0v) is 10.3. The summed E-state index contributed by atoms with van der Waals surface area (Å²) in [4.78, 5) is 15.6. The predicted octanol–water partition coefficient (Wildman–Crippen LogP) is 2.38. The van der Waals surface area contributed by atoms with Gasteiger partial charge in [-0.15, -0.1) is 0 Å². The van der Waals surface area contributed by atoms with Crippen LogP contribution in [0.5, 0.6) is 0 Å². The molecule has 1 N–H and O–H groups in total. The molecule has 18 heavy (non-hydrogen) atoms. The van der Waals surface area contributed by atoms with Crippen molar-refractivity contribution in [1.29, 1.82) is 0 Å². The summed E-state index contributed by atoms with van der Waals surface area (Å²) in [6.07, 6.45) is 7.00. The first-order valence-electron chi connectivity index (χ1n) is 6.79. The lowest BCUT2D eigenvalue weighted by atomic mass is 9.79. The summed E-state index contributed by atoms with van der Waals surface area (Å²) >= 11 is 0. The van der Waals surface area contributed by atoms with Crippen molar-refractivity contribution >= 4 is 5.97 Å². The number of hydrogen-bond acceptors (Lipinski definition) is 4. The Morgan fingerprint density at radius 2 is 2.06 bits per heavy atom. The van der Waals surface area contributed by atoms with Gasteiger partial charge in [0.2, 0.25) is 5.89 Å². The molecular formula is C13H18N2O3. The van der Waals surface area contributed by atoms with Gasteiger partial charge in [0.05, 0.1) is 11.8 Å². The third-order valence-electron chi connectivity index (χ3n) is 4.05. The Morgan fingerprint density at radius 1 is 1.28 bits per heavy atom. The highest BCUT2D eigenvalue weighted by Crippen LogP contribution is 2.38. The van der Waals surface area contributed by atoms with E-state index >= 15 is 0 Å². The zero-order chi connectivity index (χ0) is 12.5. The number of aromatic nitrogens is 2. The first-order chi connectivity index (χ1) is 8.74. The average molecular weight is 250 g/mol. The molecule has 0 amide bonds. The molecule has 0 bridgehead atoms. The monoisotopic (exact) mass is 250 g/mol. The molecule has 98 valence electrons. The van der Waals surface area contributed by atoms with Gasteiger partial charge in [0, 0.05) is 6.42 Å². The fourth-order valence-corrected chi connectivity index (χ4v) is 2.80. The largest absolute Gasteiger partial charge is 0.481 e. The van der Waals surface area contributed by atoms with Crippen molar-refractivity contribution in [3.63, 3.8) is 0 Å². The van der Waals surface area contributed by atoms with Crippen molar-refractivity contribution in [2.45, 2.75) is 50.9 Å². The molecule has 2 atom stereocenters. The summed E-state index contributed by atoms with van der Waals surface area (Å²) in [7, 11) is 0. The van der Waals surface area contributed by atoms with Crippen LogP contribution in [-0.2, 0) is 11.2 Å². The van der Waals surface area contributed by atoms with Gasteiger partial charge in [0.1, 0.15) is 0 Å². The van der Waals surface area contributed by atoms with Crippen molar-refractivity contribution in [2.24, 2.45) is 11.8 Å². The van der Waals surface area contributed by atoms with Crippen molar-refractivity contribution in [3.8, 4) is 0 Å². The van der Waals surface area contributed by atoms with E-state index in [-0.39, 0.29) is 11.8 Å². The van der Waals surface area contributed by atoms with Crippen LogP contribution in [-0.4, -0.2) is 21.2 Å². The topological polar surface area (TPSA) is 76.2 Å². The second-order valence-corrected chi connectivity index (χ2v) is 5.53. The van der Waals surface area contributed by atoms with E-state index in [4.69, 9.17) is 4.52 Å². The molecule has 2 unspecified atom stereocenters. The van der Waals surface area contributed by atoms with E-state index < -0.39 is 5.97 Å². The van der Waals surface area contributed by atoms with Gasteiger partial charge < -0.3 is 9.63 Å². The standard InChI is InChI=1S/C13H18N2O3/c16-13(17)10-4-2-1-3-9(10)12-14-11(15-18-12)7-8-5-6-8/h8-10H,1-7H2,(H,16,17).